The Labute approximate surface area is 121 Å². The van der Waals surface area contributed by atoms with E-state index in [1.165, 1.54) is 18.2 Å². The lowest BCUT2D eigenvalue weighted by atomic mass is 10.1. The number of pyridine rings is 1. The van der Waals surface area contributed by atoms with Crippen LogP contribution >= 0.6 is 22.9 Å². The van der Waals surface area contributed by atoms with Crippen molar-refractivity contribution in [2.75, 3.05) is 0 Å². The topological polar surface area (TPSA) is 49.6 Å². The van der Waals surface area contributed by atoms with Crippen LogP contribution in [0.5, 0.6) is 0 Å². The second-order valence-corrected chi connectivity index (χ2v) is 5.22. The molecule has 0 atom stereocenters. The van der Waals surface area contributed by atoms with Gasteiger partial charge < -0.3 is 0 Å². The average Bonchev–Trinajstić information content (AvgIpc) is 2.88. The van der Waals surface area contributed by atoms with E-state index >= 15 is 0 Å². The summed E-state index contributed by atoms with van der Waals surface area (Å²) < 4.78 is 27.9. The molecule has 0 saturated carbocycles. The van der Waals surface area contributed by atoms with E-state index in [1.54, 1.807) is 0 Å². The van der Waals surface area contributed by atoms with Crippen molar-refractivity contribution in [3.63, 3.8) is 0 Å². The molecule has 3 nitrogen and oxygen atoms in total. The predicted molar refractivity (Wildman–Crippen MR) is 72.5 cm³/mol. The second kappa shape index (κ2) is 4.78. The molecular formula is C13H4ClF2N3S. The molecule has 1 aromatic carbocycles. The standard InChI is InChI=1S/C13H4ClF2N3S/c14-12-11-10(8(16)5-18-12)19-13(20-11)9-6(4-17)2-1-3-7(9)15/h1-3,5H. The molecule has 0 N–H and O–H groups in total. The first kappa shape index (κ1) is 12.9. The zero-order valence-corrected chi connectivity index (χ0v) is 11.3. The van der Waals surface area contributed by atoms with Crippen molar-refractivity contribution in [3.8, 4) is 16.6 Å². The van der Waals surface area contributed by atoms with Gasteiger partial charge in [0.15, 0.2) is 5.82 Å². The fourth-order valence-corrected chi connectivity index (χ4v) is 3.07. The van der Waals surface area contributed by atoms with Crippen LogP contribution in [0.4, 0.5) is 8.78 Å². The quantitative estimate of drug-likeness (QED) is 0.634. The number of hydrogen-bond donors (Lipinski definition) is 0. The molecule has 98 valence electrons. The van der Waals surface area contributed by atoms with Crippen molar-refractivity contribution in [3.05, 3.63) is 46.7 Å². The highest BCUT2D eigenvalue weighted by Gasteiger charge is 2.18. The number of nitriles is 1. The van der Waals surface area contributed by atoms with Crippen LogP contribution in [0.25, 0.3) is 20.8 Å². The Morgan fingerprint density at radius 1 is 1.25 bits per heavy atom. The molecule has 0 amide bonds. The molecule has 20 heavy (non-hydrogen) atoms. The van der Waals surface area contributed by atoms with Crippen LogP contribution in [-0.4, -0.2) is 9.97 Å². The summed E-state index contributed by atoms with van der Waals surface area (Å²) in [7, 11) is 0. The normalized spacial score (nSPS) is 10.7. The highest BCUT2D eigenvalue weighted by Crippen LogP contribution is 2.36. The van der Waals surface area contributed by atoms with Gasteiger partial charge in [0.1, 0.15) is 21.5 Å². The van der Waals surface area contributed by atoms with E-state index in [1.807, 2.05) is 6.07 Å². The summed E-state index contributed by atoms with van der Waals surface area (Å²) in [5, 5.41) is 9.33. The fraction of sp³-hybridized carbons (Fsp3) is 0. The van der Waals surface area contributed by atoms with Crippen LogP contribution in [0.1, 0.15) is 5.56 Å². The number of nitrogens with zero attached hydrogens (tertiary/aromatic N) is 3. The van der Waals surface area contributed by atoms with Gasteiger partial charge in [-0.15, -0.1) is 11.3 Å². The smallest absolute Gasteiger partial charge is 0.168 e. The summed E-state index contributed by atoms with van der Waals surface area (Å²) in [6.07, 6.45) is 0.959. The van der Waals surface area contributed by atoms with E-state index < -0.39 is 11.6 Å². The maximum Gasteiger partial charge on any atom is 0.168 e. The highest BCUT2D eigenvalue weighted by molar-refractivity contribution is 7.22. The van der Waals surface area contributed by atoms with Crippen LogP contribution in [0, 0.1) is 23.0 Å². The summed E-state index contributed by atoms with van der Waals surface area (Å²) in [6.45, 7) is 0. The Morgan fingerprint density at radius 2 is 2.05 bits per heavy atom. The van der Waals surface area contributed by atoms with Crippen molar-refractivity contribution < 1.29 is 8.78 Å². The highest BCUT2D eigenvalue weighted by atomic mass is 35.5. The van der Waals surface area contributed by atoms with Gasteiger partial charge in [-0.1, -0.05) is 17.7 Å². The molecule has 0 bridgehead atoms. The SMILES string of the molecule is N#Cc1cccc(F)c1-c1nc2c(F)cnc(Cl)c2s1. The monoisotopic (exact) mass is 307 g/mol. The van der Waals surface area contributed by atoms with E-state index in [0.717, 1.165) is 17.5 Å². The van der Waals surface area contributed by atoms with Crippen LogP contribution in [-0.2, 0) is 0 Å². The molecule has 0 radical (unpaired) electrons. The zero-order chi connectivity index (χ0) is 14.3. The van der Waals surface area contributed by atoms with Crippen molar-refractivity contribution in [1.29, 1.82) is 5.26 Å². The van der Waals surface area contributed by atoms with E-state index in [4.69, 9.17) is 16.9 Å². The van der Waals surface area contributed by atoms with Crippen LogP contribution in [0.2, 0.25) is 5.15 Å². The van der Waals surface area contributed by atoms with Gasteiger partial charge in [-0.2, -0.15) is 5.26 Å². The molecule has 0 aliphatic rings. The van der Waals surface area contributed by atoms with E-state index in [-0.39, 0.29) is 26.8 Å². The van der Waals surface area contributed by atoms with Crippen LogP contribution in [0.15, 0.2) is 24.4 Å². The molecule has 0 saturated heterocycles. The Bertz CT molecular complexity index is 831. The van der Waals surface area contributed by atoms with Crippen LogP contribution < -0.4 is 0 Å². The molecule has 7 heteroatoms. The number of aromatic nitrogens is 2. The van der Waals surface area contributed by atoms with Gasteiger partial charge in [-0.3, -0.25) is 0 Å². The van der Waals surface area contributed by atoms with Gasteiger partial charge in [-0.05, 0) is 12.1 Å². The van der Waals surface area contributed by atoms with Gasteiger partial charge in [0.05, 0.1) is 28.1 Å². The largest absolute Gasteiger partial charge is 0.240 e. The predicted octanol–water partition coefficient (Wildman–Crippen LogP) is 4.16. The minimum Gasteiger partial charge on any atom is -0.240 e. The lowest BCUT2D eigenvalue weighted by Crippen LogP contribution is -1.89. The minimum absolute atomic E-state index is 0.0251. The second-order valence-electron chi connectivity index (χ2n) is 3.87. The zero-order valence-electron chi connectivity index (χ0n) is 9.69. The third kappa shape index (κ3) is 1.92. The first-order valence-corrected chi connectivity index (χ1v) is 6.60. The lowest BCUT2D eigenvalue weighted by Gasteiger charge is -2.00. The van der Waals surface area contributed by atoms with Gasteiger partial charge in [0.25, 0.3) is 0 Å². The molecular weight excluding hydrogens is 304 g/mol. The van der Waals surface area contributed by atoms with E-state index in [9.17, 15) is 8.78 Å². The molecule has 2 heterocycles. The summed E-state index contributed by atoms with van der Waals surface area (Å²) in [5.41, 5.74) is 0.206. The molecule has 2 aromatic heterocycles. The van der Waals surface area contributed by atoms with Crippen molar-refractivity contribution in [2.24, 2.45) is 0 Å². The van der Waals surface area contributed by atoms with Gasteiger partial charge in [-0.25, -0.2) is 18.7 Å². The third-order valence-corrected chi connectivity index (χ3v) is 4.16. The number of hydrogen-bond acceptors (Lipinski definition) is 4. The third-order valence-electron chi connectivity index (χ3n) is 2.68. The maximum atomic E-state index is 13.9. The molecule has 0 aliphatic heterocycles. The molecule has 3 rings (SSSR count). The molecule has 3 aromatic rings. The number of benzene rings is 1. The number of rotatable bonds is 1. The van der Waals surface area contributed by atoms with Crippen molar-refractivity contribution in [1.82, 2.24) is 9.97 Å². The summed E-state index contributed by atoms with van der Waals surface area (Å²) in [6, 6.07) is 6.02. The van der Waals surface area contributed by atoms with Gasteiger partial charge in [0, 0.05) is 0 Å². The Balaban J connectivity index is 2.35. The molecule has 0 unspecified atom stereocenters. The number of fused-ring (bicyclic) bond motifs is 1. The minimum atomic E-state index is -0.637. The van der Waals surface area contributed by atoms with E-state index in [2.05, 4.69) is 9.97 Å². The Morgan fingerprint density at radius 3 is 2.75 bits per heavy atom. The fourth-order valence-electron chi connectivity index (χ4n) is 1.80. The molecule has 0 fully saturated rings. The lowest BCUT2D eigenvalue weighted by molar-refractivity contribution is 0.628. The van der Waals surface area contributed by atoms with Gasteiger partial charge in [0.2, 0.25) is 0 Å². The van der Waals surface area contributed by atoms with Gasteiger partial charge >= 0.3 is 0 Å². The summed E-state index contributed by atoms with van der Waals surface area (Å²) in [5.74, 6) is -1.23. The van der Waals surface area contributed by atoms with Crippen molar-refractivity contribution in [2.45, 2.75) is 0 Å². The number of halogens is 3. The first-order valence-electron chi connectivity index (χ1n) is 5.41. The van der Waals surface area contributed by atoms with Crippen molar-refractivity contribution >= 4 is 33.2 Å². The Kier molecular flexibility index (Phi) is 3.08. The molecule has 0 aliphatic carbocycles. The summed E-state index contributed by atoms with van der Waals surface area (Å²) >= 11 is 6.88. The summed E-state index contributed by atoms with van der Waals surface area (Å²) in [4.78, 5) is 7.72. The average molecular weight is 308 g/mol. The molecule has 0 spiro atoms. The first-order chi connectivity index (χ1) is 9.61. The number of thiazole rings is 1. The maximum absolute atomic E-state index is 13.9. The van der Waals surface area contributed by atoms with E-state index in [0.29, 0.717) is 4.70 Å². The Hall–Kier alpha value is -2.10. The van der Waals surface area contributed by atoms with Crippen LogP contribution in [0.3, 0.4) is 0 Å².